The molecular weight excluding hydrogens is 261 g/mol. The predicted octanol–water partition coefficient (Wildman–Crippen LogP) is 4.30. The van der Waals surface area contributed by atoms with E-state index in [1.54, 1.807) is 6.07 Å². The fraction of sp³-hybridized carbons (Fsp3) is 0.250. The molecule has 2 rings (SSSR count). The lowest BCUT2D eigenvalue weighted by Crippen LogP contribution is -2.02. The average molecular weight is 280 g/mol. The first-order chi connectivity index (χ1) is 8.51. The molecule has 0 fully saturated rings. The largest absolute Gasteiger partial charge is 0.326 e. The molecule has 0 bridgehead atoms. The number of hydrogen-bond acceptors (Lipinski definition) is 1. The lowest BCUT2D eigenvalue weighted by Gasteiger charge is -2.12. The Morgan fingerprint density at radius 2 is 1.42 bits per heavy atom. The van der Waals surface area contributed by atoms with Crippen molar-refractivity contribution in [3.05, 3.63) is 58.4 Å². The molecule has 0 heterocycles. The Morgan fingerprint density at radius 1 is 0.895 bits per heavy atom. The van der Waals surface area contributed by atoms with Crippen LogP contribution >= 0.6 is 12.4 Å². The second kappa shape index (κ2) is 6.18. The summed E-state index contributed by atoms with van der Waals surface area (Å²) in [6.45, 7) is 6.54. The van der Waals surface area contributed by atoms with Crippen molar-refractivity contribution < 1.29 is 4.39 Å². The van der Waals surface area contributed by atoms with Crippen LogP contribution in [0.3, 0.4) is 0 Å². The van der Waals surface area contributed by atoms with E-state index in [0.29, 0.717) is 6.54 Å². The zero-order valence-electron chi connectivity index (χ0n) is 11.5. The molecule has 0 radical (unpaired) electrons. The third kappa shape index (κ3) is 3.34. The van der Waals surface area contributed by atoms with Crippen LogP contribution in [0.4, 0.5) is 4.39 Å². The highest BCUT2D eigenvalue weighted by Crippen LogP contribution is 2.26. The molecule has 1 nitrogen and oxygen atoms in total. The van der Waals surface area contributed by atoms with Crippen LogP contribution in [0.15, 0.2) is 30.3 Å². The Hall–Kier alpha value is -1.38. The number of halogens is 2. The molecular formula is C16H19ClFN. The van der Waals surface area contributed by atoms with Crippen LogP contribution in [-0.4, -0.2) is 0 Å². The van der Waals surface area contributed by atoms with Gasteiger partial charge >= 0.3 is 0 Å². The van der Waals surface area contributed by atoms with Gasteiger partial charge in [-0.15, -0.1) is 12.4 Å². The summed E-state index contributed by atoms with van der Waals surface area (Å²) in [5.74, 6) is -0.191. The van der Waals surface area contributed by atoms with Crippen LogP contribution in [0.25, 0.3) is 11.1 Å². The SMILES string of the molecule is Cc1cc(F)cc(-c2cc(C)c(CN)c(C)c2)c1.Cl. The zero-order chi connectivity index (χ0) is 13.3. The summed E-state index contributed by atoms with van der Waals surface area (Å²) in [7, 11) is 0. The van der Waals surface area contributed by atoms with Crippen molar-refractivity contribution in [2.75, 3.05) is 0 Å². The molecule has 102 valence electrons. The first-order valence-corrected chi connectivity index (χ1v) is 6.09. The fourth-order valence-corrected chi connectivity index (χ4v) is 2.39. The fourth-order valence-electron chi connectivity index (χ4n) is 2.39. The molecule has 0 saturated heterocycles. The van der Waals surface area contributed by atoms with E-state index in [1.165, 1.54) is 11.6 Å². The van der Waals surface area contributed by atoms with Crippen LogP contribution in [-0.2, 0) is 6.54 Å². The van der Waals surface area contributed by atoms with Gasteiger partial charge in [-0.2, -0.15) is 0 Å². The quantitative estimate of drug-likeness (QED) is 0.871. The van der Waals surface area contributed by atoms with Gasteiger partial charge in [-0.05, 0) is 66.3 Å². The highest BCUT2D eigenvalue weighted by molar-refractivity contribution is 5.85. The maximum Gasteiger partial charge on any atom is 0.124 e. The van der Waals surface area contributed by atoms with Crippen molar-refractivity contribution in [2.45, 2.75) is 27.3 Å². The Labute approximate surface area is 120 Å². The van der Waals surface area contributed by atoms with Crippen molar-refractivity contribution in [3.8, 4) is 11.1 Å². The molecule has 19 heavy (non-hydrogen) atoms. The molecule has 2 aromatic rings. The lowest BCUT2D eigenvalue weighted by molar-refractivity contribution is 0.627. The summed E-state index contributed by atoms with van der Waals surface area (Å²) in [6, 6.07) is 9.26. The van der Waals surface area contributed by atoms with Gasteiger partial charge in [0.05, 0.1) is 0 Å². The summed E-state index contributed by atoms with van der Waals surface area (Å²) < 4.78 is 13.4. The van der Waals surface area contributed by atoms with E-state index < -0.39 is 0 Å². The molecule has 0 aliphatic heterocycles. The summed E-state index contributed by atoms with van der Waals surface area (Å²) in [5.41, 5.74) is 12.1. The molecule has 0 spiro atoms. The number of benzene rings is 2. The van der Waals surface area contributed by atoms with Crippen LogP contribution < -0.4 is 5.73 Å². The summed E-state index contributed by atoms with van der Waals surface area (Å²) in [6.07, 6.45) is 0. The van der Waals surface area contributed by atoms with Crippen molar-refractivity contribution >= 4 is 12.4 Å². The Balaban J connectivity index is 0.00000180. The van der Waals surface area contributed by atoms with Gasteiger partial charge in [0.25, 0.3) is 0 Å². The maximum absolute atomic E-state index is 13.4. The molecule has 0 saturated carbocycles. The van der Waals surface area contributed by atoms with Crippen molar-refractivity contribution in [1.82, 2.24) is 0 Å². The molecule has 0 aromatic heterocycles. The second-order valence-corrected chi connectivity index (χ2v) is 4.81. The van der Waals surface area contributed by atoms with Crippen LogP contribution in [0.1, 0.15) is 22.3 Å². The van der Waals surface area contributed by atoms with Gasteiger partial charge < -0.3 is 5.73 Å². The molecule has 0 aliphatic carbocycles. The van der Waals surface area contributed by atoms with Crippen molar-refractivity contribution in [2.24, 2.45) is 5.73 Å². The van der Waals surface area contributed by atoms with Crippen molar-refractivity contribution in [1.29, 1.82) is 0 Å². The van der Waals surface area contributed by atoms with Crippen LogP contribution in [0.2, 0.25) is 0 Å². The Bertz CT molecular complexity index is 550. The predicted molar refractivity (Wildman–Crippen MR) is 81.2 cm³/mol. The number of hydrogen-bond donors (Lipinski definition) is 1. The monoisotopic (exact) mass is 279 g/mol. The van der Waals surface area contributed by atoms with E-state index in [-0.39, 0.29) is 18.2 Å². The zero-order valence-corrected chi connectivity index (χ0v) is 12.3. The summed E-state index contributed by atoms with van der Waals surface area (Å²) in [4.78, 5) is 0. The standard InChI is InChI=1S/C16H18FN.ClH/c1-10-4-13(8-15(17)5-10)14-6-11(2)16(9-18)12(3)7-14;/h4-8H,9,18H2,1-3H3;1H. The minimum atomic E-state index is -0.191. The highest BCUT2D eigenvalue weighted by atomic mass is 35.5. The number of nitrogens with two attached hydrogens (primary N) is 1. The van der Waals surface area contributed by atoms with E-state index in [4.69, 9.17) is 5.73 Å². The maximum atomic E-state index is 13.4. The Morgan fingerprint density at radius 3 is 1.89 bits per heavy atom. The molecule has 2 aromatic carbocycles. The van der Waals surface area contributed by atoms with E-state index in [1.807, 2.05) is 26.8 Å². The van der Waals surface area contributed by atoms with E-state index >= 15 is 0 Å². The second-order valence-electron chi connectivity index (χ2n) is 4.81. The minimum Gasteiger partial charge on any atom is -0.326 e. The third-order valence-electron chi connectivity index (χ3n) is 3.28. The molecule has 0 aliphatic rings. The normalized spacial score (nSPS) is 10.2. The van der Waals surface area contributed by atoms with Gasteiger partial charge in [-0.1, -0.05) is 18.2 Å². The summed E-state index contributed by atoms with van der Waals surface area (Å²) in [5, 5.41) is 0. The third-order valence-corrected chi connectivity index (χ3v) is 3.28. The molecule has 3 heteroatoms. The Kier molecular flexibility index (Phi) is 5.10. The number of aryl methyl sites for hydroxylation is 3. The smallest absolute Gasteiger partial charge is 0.124 e. The lowest BCUT2D eigenvalue weighted by atomic mass is 9.95. The molecule has 0 unspecified atom stereocenters. The van der Waals surface area contributed by atoms with Crippen LogP contribution in [0, 0.1) is 26.6 Å². The van der Waals surface area contributed by atoms with E-state index in [0.717, 1.165) is 27.8 Å². The van der Waals surface area contributed by atoms with Gasteiger partial charge in [0.15, 0.2) is 0 Å². The summed E-state index contributed by atoms with van der Waals surface area (Å²) >= 11 is 0. The highest BCUT2D eigenvalue weighted by Gasteiger charge is 2.06. The van der Waals surface area contributed by atoms with Gasteiger partial charge in [-0.3, -0.25) is 0 Å². The molecule has 0 amide bonds. The molecule has 2 N–H and O–H groups in total. The topological polar surface area (TPSA) is 26.0 Å². The van der Waals surface area contributed by atoms with E-state index in [9.17, 15) is 4.39 Å². The average Bonchev–Trinajstić information content (AvgIpc) is 2.27. The van der Waals surface area contributed by atoms with Gasteiger partial charge in [0.1, 0.15) is 5.82 Å². The van der Waals surface area contributed by atoms with Gasteiger partial charge in [-0.25, -0.2) is 4.39 Å². The number of rotatable bonds is 2. The van der Waals surface area contributed by atoms with Crippen molar-refractivity contribution in [3.63, 3.8) is 0 Å². The van der Waals surface area contributed by atoms with Crippen LogP contribution in [0.5, 0.6) is 0 Å². The van der Waals surface area contributed by atoms with Gasteiger partial charge in [0.2, 0.25) is 0 Å². The van der Waals surface area contributed by atoms with E-state index in [2.05, 4.69) is 12.1 Å². The van der Waals surface area contributed by atoms with Gasteiger partial charge in [0, 0.05) is 6.54 Å². The molecule has 0 atom stereocenters. The first-order valence-electron chi connectivity index (χ1n) is 6.09. The minimum absolute atomic E-state index is 0. The first kappa shape index (κ1) is 15.7.